The van der Waals surface area contributed by atoms with Crippen LogP contribution in [0.5, 0.6) is 11.5 Å². The van der Waals surface area contributed by atoms with Crippen molar-refractivity contribution in [3.63, 3.8) is 0 Å². The van der Waals surface area contributed by atoms with E-state index >= 15 is 0 Å². The van der Waals surface area contributed by atoms with E-state index in [-0.39, 0.29) is 58.8 Å². The molecule has 1 aromatic heterocycles. The highest BCUT2D eigenvalue weighted by atomic mass is 35.5. The Labute approximate surface area is 299 Å². The van der Waals surface area contributed by atoms with Gasteiger partial charge in [0.05, 0.1) is 41.8 Å². The molecule has 2 aliphatic heterocycles. The van der Waals surface area contributed by atoms with E-state index in [0.29, 0.717) is 32.8 Å². The molecule has 3 fully saturated rings. The van der Waals surface area contributed by atoms with E-state index in [0.717, 1.165) is 27.5 Å². The van der Waals surface area contributed by atoms with Gasteiger partial charge in [0, 0.05) is 31.7 Å². The molecule has 2 saturated carbocycles. The van der Waals surface area contributed by atoms with Gasteiger partial charge in [-0.3, -0.25) is 19.3 Å². The Hall–Kier alpha value is -3.77. The number of benzene rings is 3. The van der Waals surface area contributed by atoms with Gasteiger partial charge in [0.1, 0.15) is 6.61 Å². The molecule has 4 aliphatic rings. The Balaban J connectivity index is 1.11. The molecule has 252 valence electrons. The monoisotopic (exact) mass is 736 g/mol. The fraction of sp³-hybridized carbons (Fsp3) is 0.333. The molecule has 9 nitrogen and oxygen atoms in total. The third kappa shape index (κ3) is 5.28. The summed E-state index contributed by atoms with van der Waals surface area (Å²) >= 11 is 15.3. The summed E-state index contributed by atoms with van der Waals surface area (Å²) in [4.78, 5) is 58.2. The fourth-order valence-corrected chi connectivity index (χ4v) is 11.7. The molecule has 3 aromatic carbocycles. The van der Waals surface area contributed by atoms with Gasteiger partial charge in [0.25, 0.3) is 0 Å². The fourth-order valence-electron chi connectivity index (χ4n) is 8.40. The van der Waals surface area contributed by atoms with Crippen molar-refractivity contribution in [2.24, 2.45) is 29.6 Å². The van der Waals surface area contributed by atoms with Crippen LogP contribution in [0.2, 0.25) is 10.0 Å². The summed E-state index contributed by atoms with van der Waals surface area (Å²) in [6.07, 6.45) is 0.765. The zero-order valence-corrected chi connectivity index (χ0v) is 29.5. The Morgan fingerprint density at radius 1 is 0.959 bits per heavy atom. The van der Waals surface area contributed by atoms with E-state index in [9.17, 15) is 19.2 Å². The number of fused-ring (bicyclic) bond motifs is 9. The number of halogens is 2. The first-order valence-electron chi connectivity index (χ1n) is 16.0. The minimum Gasteiger partial charge on any atom is -0.493 e. The highest BCUT2D eigenvalue weighted by Gasteiger charge is 2.69. The SMILES string of the molecule is CCOC(=O)c1ccc(N2C(=O)[C@H]3[C@H]4C[C@@H]([C@@H]3C2=O)[C@H]2[C@H](c3ccc(OCc5ccc(Cl)cc5Cl)c(OC)c3)c3sc(=O)[nH]c3S[C@H]42)cc1. The topological polar surface area (TPSA) is 115 Å². The molecule has 2 amide bonds. The highest BCUT2D eigenvalue weighted by molar-refractivity contribution is 8.00. The van der Waals surface area contributed by atoms with Gasteiger partial charge >= 0.3 is 10.8 Å². The van der Waals surface area contributed by atoms with E-state index in [4.69, 9.17) is 37.4 Å². The van der Waals surface area contributed by atoms with Gasteiger partial charge in [0.15, 0.2) is 11.5 Å². The predicted molar refractivity (Wildman–Crippen MR) is 187 cm³/mol. The molecule has 8 rings (SSSR count). The van der Waals surface area contributed by atoms with Crippen LogP contribution >= 0.6 is 46.3 Å². The van der Waals surface area contributed by atoms with Crippen LogP contribution in [-0.2, 0) is 20.9 Å². The Kier molecular flexibility index (Phi) is 8.29. The molecule has 49 heavy (non-hydrogen) atoms. The summed E-state index contributed by atoms with van der Waals surface area (Å²) in [5, 5.41) is 1.90. The van der Waals surface area contributed by atoms with Gasteiger partial charge in [-0.2, -0.15) is 0 Å². The second-order valence-corrected chi connectivity index (χ2v) is 15.7. The molecular formula is C36H30Cl2N2O7S2. The number of thioether (sulfide) groups is 1. The number of rotatable bonds is 8. The summed E-state index contributed by atoms with van der Waals surface area (Å²) in [7, 11) is 1.58. The average molecular weight is 738 g/mol. The number of aromatic amines is 1. The lowest BCUT2D eigenvalue weighted by Crippen LogP contribution is -2.42. The van der Waals surface area contributed by atoms with Crippen LogP contribution in [0, 0.1) is 29.6 Å². The van der Waals surface area contributed by atoms with Crippen molar-refractivity contribution in [2.75, 3.05) is 18.6 Å². The molecule has 3 heterocycles. The minimum absolute atomic E-state index is 0.0161. The van der Waals surface area contributed by atoms with Gasteiger partial charge in [-0.15, -0.1) is 11.8 Å². The zero-order valence-electron chi connectivity index (χ0n) is 26.3. The van der Waals surface area contributed by atoms with Crippen LogP contribution in [-0.4, -0.2) is 41.7 Å². The molecule has 1 saturated heterocycles. The van der Waals surface area contributed by atoms with Crippen molar-refractivity contribution < 1.29 is 28.6 Å². The lowest BCUT2D eigenvalue weighted by Gasteiger charge is -2.43. The highest BCUT2D eigenvalue weighted by Crippen LogP contribution is 2.68. The van der Waals surface area contributed by atoms with E-state index in [1.54, 1.807) is 62.2 Å². The molecule has 0 unspecified atom stereocenters. The van der Waals surface area contributed by atoms with E-state index in [2.05, 4.69) is 4.98 Å². The average Bonchev–Trinajstić information content (AvgIpc) is 3.83. The van der Waals surface area contributed by atoms with E-state index < -0.39 is 17.8 Å². The number of nitrogens with zero attached hydrogens (tertiary/aromatic N) is 1. The Bertz CT molecular complexity index is 2060. The summed E-state index contributed by atoms with van der Waals surface area (Å²) in [6.45, 7) is 2.20. The van der Waals surface area contributed by atoms with Crippen molar-refractivity contribution in [3.8, 4) is 11.5 Å². The third-order valence-electron chi connectivity index (χ3n) is 10.3. The van der Waals surface area contributed by atoms with Crippen molar-refractivity contribution in [1.29, 1.82) is 0 Å². The number of ether oxygens (including phenoxy) is 3. The molecule has 2 aliphatic carbocycles. The van der Waals surface area contributed by atoms with Gasteiger partial charge in [-0.1, -0.05) is 46.7 Å². The molecule has 13 heteroatoms. The predicted octanol–water partition coefficient (Wildman–Crippen LogP) is 7.19. The number of thiazole rings is 1. The van der Waals surface area contributed by atoms with E-state index in [1.165, 1.54) is 16.2 Å². The molecule has 1 N–H and O–H groups in total. The first-order valence-corrected chi connectivity index (χ1v) is 18.4. The Morgan fingerprint density at radius 2 is 1.71 bits per heavy atom. The quantitative estimate of drug-likeness (QED) is 0.149. The lowest BCUT2D eigenvalue weighted by molar-refractivity contribution is -0.123. The maximum atomic E-state index is 14.2. The molecule has 7 atom stereocenters. The number of carbonyl (C=O) groups is 3. The largest absolute Gasteiger partial charge is 0.493 e. The van der Waals surface area contributed by atoms with Crippen molar-refractivity contribution in [1.82, 2.24) is 4.98 Å². The van der Waals surface area contributed by atoms with Crippen molar-refractivity contribution in [2.45, 2.75) is 36.1 Å². The number of imide groups is 1. The van der Waals surface area contributed by atoms with Crippen LogP contribution in [0.4, 0.5) is 5.69 Å². The van der Waals surface area contributed by atoms with Crippen LogP contribution in [0.3, 0.4) is 0 Å². The summed E-state index contributed by atoms with van der Waals surface area (Å²) in [6, 6.07) is 17.5. The second-order valence-electron chi connectivity index (χ2n) is 12.7. The number of nitrogens with one attached hydrogen (secondary N) is 1. The smallest absolute Gasteiger partial charge is 0.338 e. The first kappa shape index (κ1) is 32.4. The van der Waals surface area contributed by atoms with E-state index in [1.807, 2.05) is 24.3 Å². The maximum Gasteiger partial charge on any atom is 0.338 e. The number of carbonyl (C=O) groups excluding carboxylic acids is 3. The molecular weight excluding hydrogens is 707 g/mol. The summed E-state index contributed by atoms with van der Waals surface area (Å²) in [5.41, 5.74) is 2.54. The normalized spacial score (nSPS) is 26.4. The number of esters is 1. The second kappa shape index (κ2) is 12.5. The number of anilines is 1. The molecule has 4 aromatic rings. The van der Waals surface area contributed by atoms with Crippen LogP contribution in [0.25, 0.3) is 0 Å². The van der Waals surface area contributed by atoms with Crippen molar-refractivity contribution >= 4 is 69.8 Å². The van der Waals surface area contributed by atoms with Crippen LogP contribution in [0.1, 0.15) is 45.6 Å². The molecule has 0 spiro atoms. The molecule has 0 radical (unpaired) electrons. The third-order valence-corrected chi connectivity index (χ3v) is 13.5. The van der Waals surface area contributed by atoms with Gasteiger partial charge in [-0.05, 0) is 85.2 Å². The lowest BCUT2D eigenvalue weighted by atomic mass is 9.68. The number of H-pyrrole nitrogens is 1. The van der Waals surface area contributed by atoms with Crippen LogP contribution < -0.4 is 19.2 Å². The number of aromatic nitrogens is 1. The maximum absolute atomic E-state index is 14.2. The number of methoxy groups -OCH3 is 1. The van der Waals surface area contributed by atoms with Crippen molar-refractivity contribution in [3.05, 3.63) is 102 Å². The summed E-state index contributed by atoms with van der Waals surface area (Å²) in [5.74, 6) is -0.940. The number of hydrogen-bond acceptors (Lipinski definition) is 9. The van der Waals surface area contributed by atoms with Crippen LogP contribution in [0.15, 0.2) is 70.5 Å². The standard InChI is InChI=1S/C36H30Cl2N2O7S2/c1-3-46-35(43)16-5-9-20(10-6-16)40-33(41)28-21-14-22(29(28)34(40)42)30-27(21)26(31-32(48-30)39-36(44)49-31)17-7-11-24(25(12-17)45-2)47-15-18-4-8-19(37)13-23(18)38/h4-13,21-22,26-30H,3,14-15H2,1-2H3,(H,39,44)/t21-,22-,26+,27+,28+,29+,30-/m1/s1. The summed E-state index contributed by atoms with van der Waals surface area (Å²) < 4.78 is 17.0. The first-order chi connectivity index (χ1) is 23.7. The zero-order chi connectivity index (χ0) is 34.1. The number of amides is 2. The van der Waals surface area contributed by atoms with Gasteiger partial charge in [-0.25, -0.2) is 4.79 Å². The number of hydrogen-bond donors (Lipinski definition) is 1. The minimum atomic E-state index is -0.461. The Morgan fingerprint density at radius 3 is 2.43 bits per heavy atom. The van der Waals surface area contributed by atoms with Gasteiger partial charge < -0.3 is 19.2 Å². The molecule has 2 bridgehead atoms. The van der Waals surface area contributed by atoms with Gasteiger partial charge in [0.2, 0.25) is 11.8 Å².